The molecule has 2 rings (SSSR count). The Labute approximate surface area is 193 Å². The Morgan fingerprint density at radius 3 is 2.47 bits per heavy atom. The fourth-order valence-corrected chi connectivity index (χ4v) is 4.87. The van der Waals surface area contributed by atoms with Crippen molar-refractivity contribution in [2.45, 2.75) is 23.8 Å². The molecule has 1 unspecified atom stereocenters. The number of methoxy groups -OCH3 is 2. The van der Waals surface area contributed by atoms with Crippen LogP contribution in [0.15, 0.2) is 47.4 Å². The molecule has 0 saturated carbocycles. The van der Waals surface area contributed by atoms with E-state index in [1.807, 2.05) is 18.4 Å². The Kier molecular flexibility index (Phi) is 9.80. The number of rotatable bonds is 12. The van der Waals surface area contributed by atoms with Gasteiger partial charge in [0.1, 0.15) is 16.8 Å². The largest absolute Gasteiger partial charge is 0.493 e. The summed E-state index contributed by atoms with van der Waals surface area (Å²) in [5, 5.41) is 0. The molecule has 0 aliphatic heterocycles. The number of halogens is 1. The molecule has 2 aromatic carbocycles. The number of nitrogens with zero attached hydrogens (tertiary/aromatic N) is 1. The van der Waals surface area contributed by atoms with Crippen molar-refractivity contribution in [3.63, 3.8) is 0 Å². The third-order valence-corrected chi connectivity index (χ3v) is 7.04. The zero-order valence-electron chi connectivity index (χ0n) is 18.6. The van der Waals surface area contributed by atoms with Crippen molar-refractivity contribution >= 4 is 27.7 Å². The van der Waals surface area contributed by atoms with Crippen molar-refractivity contribution < 1.29 is 27.1 Å². The summed E-state index contributed by atoms with van der Waals surface area (Å²) in [6.45, 7) is 0.367. The van der Waals surface area contributed by atoms with Crippen molar-refractivity contribution in [2.24, 2.45) is 0 Å². The van der Waals surface area contributed by atoms with E-state index < -0.39 is 26.8 Å². The van der Waals surface area contributed by atoms with Gasteiger partial charge in [0.15, 0.2) is 11.5 Å². The van der Waals surface area contributed by atoms with Gasteiger partial charge in [-0.1, -0.05) is 18.2 Å². The van der Waals surface area contributed by atoms with Crippen molar-refractivity contribution in [1.29, 1.82) is 0 Å². The van der Waals surface area contributed by atoms with Gasteiger partial charge in [0, 0.05) is 13.6 Å². The molecule has 0 fully saturated rings. The van der Waals surface area contributed by atoms with Gasteiger partial charge in [-0.2, -0.15) is 16.5 Å². The van der Waals surface area contributed by atoms with Crippen LogP contribution in [0.4, 0.5) is 4.39 Å². The molecular formula is C22H29FN2O5S2. The van der Waals surface area contributed by atoms with Gasteiger partial charge < -0.3 is 14.4 Å². The van der Waals surface area contributed by atoms with E-state index >= 15 is 0 Å². The van der Waals surface area contributed by atoms with Crippen LogP contribution in [0.2, 0.25) is 0 Å². The van der Waals surface area contributed by atoms with Gasteiger partial charge >= 0.3 is 0 Å². The highest BCUT2D eigenvalue weighted by molar-refractivity contribution is 7.98. The number of hydrogen-bond donors (Lipinski definition) is 1. The van der Waals surface area contributed by atoms with Gasteiger partial charge in [-0.3, -0.25) is 4.79 Å². The normalized spacial score (nSPS) is 12.3. The summed E-state index contributed by atoms with van der Waals surface area (Å²) in [5.74, 6) is 0.534. The minimum Gasteiger partial charge on any atom is -0.493 e. The van der Waals surface area contributed by atoms with E-state index in [9.17, 15) is 17.6 Å². The second-order valence-electron chi connectivity index (χ2n) is 7.08. The maximum Gasteiger partial charge on any atom is 0.244 e. The van der Waals surface area contributed by atoms with E-state index in [1.165, 1.54) is 34.9 Å². The lowest BCUT2D eigenvalue weighted by atomic mass is 10.1. The topological polar surface area (TPSA) is 84.9 Å². The Bertz CT molecular complexity index is 1020. The van der Waals surface area contributed by atoms with E-state index in [2.05, 4.69) is 4.72 Å². The van der Waals surface area contributed by atoms with Crippen LogP contribution < -0.4 is 14.2 Å². The third-order valence-electron chi connectivity index (χ3n) is 4.89. The van der Waals surface area contributed by atoms with Gasteiger partial charge in [-0.25, -0.2) is 12.8 Å². The molecule has 0 aromatic heterocycles. The number of amides is 1. The first kappa shape index (κ1) is 26.0. The molecule has 32 heavy (non-hydrogen) atoms. The number of ether oxygens (including phenoxy) is 2. The highest BCUT2D eigenvalue weighted by Gasteiger charge is 2.29. The number of carbonyl (C=O) groups is 1. The van der Waals surface area contributed by atoms with Crippen LogP contribution in [-0.2, 0) is 21.2 Å². The molecule has 2 aromatic rings. The van der Waals surface area contributed by atoms with Gasteiger partial charge in [0.05, 0.1) is 14.2 Å². The van der Waals surface area contributed by atoms with Gasteiger partial charge in [0.25, 0.3) is 0 Å². The average Bonchev–Trinajstić information content (AvgIpc) is 2.79. The van der Waals surface area contributed by atoms with Crippen LogP contribution >= 0.6 is 11.8 Å². The average molecular weight is 485 g/mol. The Balaban J connectivity index is 2.12. The van der Waals surface area contributed by atoms with Gasteiger partial charge in [-0.15, -0.1) is 0 Å². The highest BCUT2D eigenvalue weighted by Crippen LogP contribution is 2.27. The minimum atomic E-state index is -4.20. The molecule has 0 bridgehead atoms. The second kappa shape index (κ2) is 12.1. The third kappa shape index (κ3) is 6.85. The first-order valence-electron chi connectivity index (χ1n) is 9.95. The molecule has 1 atom stereocenters. The standard InChI is InChI=1S/C22H29FN2O5S2/c1-25(13-11-16-9-10-19(29-2)20(15-16)30-3)22(26)18(12-14-31-4)24-32(27,28)21-8-6-5-7-17(21)23/h5-10,15,18,24H,11-14H2,1-4H3. The van der Waals surface area contributed by atoms with Crippen LogP contribution in [0, 0.1) is 5.82 Å². The maximum atomic E-state index is 14.0. The van der Waals surface area contributed by atoms with Gasteiger partial charge in [0.2, 0.25) is 15.9 Å². The maximum absolute atomic E-state index is 14.0. The highest BCUT2D eigenvalue weighted by atomic mass is 32.2. The predicted octanol–water partition coefficient (Wildman–Crippen LogP) is 2.94. The molecule has 7 nitrogen and oxygen atoms in total. The summed E-state index contributed by atoms with van der Waals surface area (Å²) >= 11 is 1.50. The molecule has 0 heterocycles. The molecule has 1 amide bonds. The lowest BCUT2D eigenvalue weighted by Gasteiger charge is -2.25. The van der Waals surface area contributed by atoms with Crippen LogP contribution in [0.1, 0.15) is 12.0 Å². The predicted molar refractivity (Wildman–Crippen MR) is 124 cm³/mol. The molecule has 0 saturated heterocycles. The Hall–Kier alpha value is -2.30. The van der Waals surface area contributed by atoms with Crippen LogP contribution in [0.25, 0.3) is 0 Å². The molecule has 0 aliphatic rings. The van der Waals surface area contributed by atoms with E-state index in [-0.39, 0.29) is 12.3 Å². The summed E-state index contributed by atoms with van der Waals surface area (Å²) < 4.78 is 52.4. The number of nitrogens with one attached hydrogen (secondary N) is 1. The van der Waals surface area contributed by atoms with Gasteiger partial charge in [-0.05, 0) is 54.7 Å². The number of sulfonamides is 1. The van der Waals surface area contributed by atoms with Crippen molar-refractivity contribution in [2.75, 3.05) is 39.8 Å². The number of hydrogen-bond acceptors (Lipinski definition) is 6. The van der Waals surface area contributed by atoms with E-state index in [1.54, 1.807) is 27.3 Å². The zero-order chi connectivity index (χ0) is 23.7. The summed E-state index contributed by atoms with van der Waals surface area (Å²) in [7, 11) is 0.530. The smallest absolute Gasteiger partial charge is 0.244 e. The SMILES string of the molecule is COc1ccc(CCN(C)C(=O)C(CCSC)NS(=O)(=O)c2ccccc2F)cc1OC. The van der Waals surface area contributed by atoms with E-state index in [4.69, 9.17) is 9.47 Å². The monoisotopic (exact) mass is 484 g/mol. The van der Waals surface area contributed by atoms with E-state index in [0.717, 1.165) is 11.6 Å². The van der Waals surface area contributed by atoms with Crippen molar-refractivity contribution in [3.05, 3.63) is 53.8 Å². The summed E-state index contributed by atoms with van der Waals surface area (Å²) in [4.78, 5) is 14.0. The number of carbonyl (C=O) groups excluding carboxylic acids is 1. The Morgan fingerprint density at radius 2 is 1.84 bits per heavy atom. The fraction of sp³-hybridized carbons (Fsp3) is 0.409. The Morgan fingerprint density at radius 1 is 1.16 bits per heavy atom. The lowest BCUT2D eigenvalue weighted by Crippen LogP contribution is -2.48. The number of benzene rings is 2. The fourth-order valence-electron chi connectivity index (χ4n) is 3.09. The van der Waals surface area contributed by atoms with Crippen LogP contribution in [-0.4, -0.2) is 65.1 Å². The first-order chi connectivity index (χ1) is 15.2. The number of likely N-dealkylation sites (N-methyl/N-ethyl adjacent to an activating group) is 1. The molecular weight excluding hydrogens is 455 g/mol. The summed E-state index contributed by atoms with van der Waals surface area (Å²) in [5.41, 5.74) is 0.940. The quantitative estimate of drug-likeness (QED) is 0.499. The molecule has 1 N–H and O–H groups in total. The van der Waals surface area contributed by atoms with E-state index in [0.29, 0.717) is 30.2 Å². The molecule has 0 aliphatic carbocycles. The van der Waals surface area contributed by atoms with Crippen LogP contribution in [0.3, 0.4) is 0 Å². The zero-order valence-corrected chi connectivity index (χ0v) is 20.3. The summed E-state index contributed by atoms with van der Waals surface area (Å²) in [6, 6.07) is 9.60. The molecule has 176 valence electrons. The second-order valence-corrected chi connectivity index (χ2v) is 9.75. The minimum absolute atomic E-state index is 0.286. The molecule has 0 radical (unpaired) electrons. The van der Waals surface area contributed by atoms with Crippen molar-refractivity contribution in [1.82, 2.24) is 9.62 Å². The number of thioether (sulfide) groups is 1. The lowest BCUT2D eigenvalue weighted by molar-refractivity contribution is -0.131. The van der Waals surface area contributed by atoms with Crippen LogP contribution in [0.5, 0.6) is 11.5 Å². The first-order valence-corrected chi connectivity index (χ1v) is 12.8. The molecule has 10 heteroatoms. The van der Waals surface area contributed by atoms with Crippen molar-refractivity contribution in [3.8, 4) is 11.5 Å². The summed E-state index contributed by atoms with van der Waals surface area (Å²) in [6.07, 6.45) is 2.69. The molecule has 0 spiro atoms.